The highest BCUT2D eigenvalue weighted by molar-refractivity contribution is 7.92. The first-order valence-corrected chi connectivity index (χ1v) is 14.0. The number of anilines is 2. The van der Waals surface area contributed by atoms with E-state index in [1.807, 2.05) is 20.8 Å². The molecule has 2 aliphatic rings. The second-order valence-electron chi connectivity index (χ2n) is 10.8. The lowest BCUT2D eigenvalue weighted by Gasteiger charge is -2.34. The minimum atomic E-state index is -3.54. The van der Waals surface area contributed by atoms with Gasteiger partial charge in [-0.3, -0.25) is 14.3 Å². The van der Waals surface area contributed by atoms with Gasteiger partial charge in [0.25, 0.3) is 0 Å². The number of aliphatic hydroxyl groups is 1. The maximum atomic E-state index is 13.9. The van der Waals surface area contributed by atoms with Crippen molar-refractivity contribution in [3.63, 3.8) is 0 Å². The van der Waals surface area contributed by atoms with Gasteiger partial charge in [-0.25, -0.2) is 13.1 Å². The summed E-state index contributed by atoms with van der Waals surface area (Å²) in [4.78, 5) is 28.7. The number of ether oxygens (including phenoxy) is 1. The first-order valence-electron chi connectivity index (χ1n) is 12.1. The van der Waals surface area contributed by atoms with Gasteiger partial charge in [-0.1, -0.05) is 26.0 Å². The molecular formula is C24H34N6O6S. The lowest BCUT2D eigenvalue weighted by Crippen LogP contribution is -2.49. The number of aromatic nitrogens is 3. The number of methoxy groups -OCH3 is 1. The summed E-state index contributed by atoms with van der Waals surface area (Å²) in [6.07, 6.45) is 4.11. The van der Waals surface area contributed by atoms with E-state index in [4.69, 9.17) is 4.74 Å². The number of benzene rings is 1. The number of nitrogens with one attached hydrogen (secondary N) is 2. The van der Waals surface area contributed by atoms with Crippen LogP contribution in [0.2, 0.25) is 0 Å². The number of carbonyl (C=O) groups excluding carboxylic acids is 2. The highest BCUT2D eigenvalue weighted by atomic mass is 32.2. The molecule has 0 spiro atoms. The van der Waals surface area contributed by atoms with Crippen molar-refractivity contribution in [2.75, 3.05) is 29.9 Å². The molecule has 1 aliphatic heterocycles. The first-order chi connectivity index (χ1) is 17.3. The maximum Gasteiger partial charge on any atom is 0.248 e. The van der Waals surface area contributed by atoms with Crippen molar-refractivity contribution in [1.82, 2.24) is 19.9 Å². The van der Waals surface area contributed by atoms with Crippen LogP contribution >= 0.6 is 0 Å². The molecule has 13 heteroatoms. The second kappa shape index (κ2) is 9.93. The summed E-state index contributed by atoms with van der Waals surface area (Å²) in [5, 5.41) is 21.7. The molecule has 0 bridgehead atoms. The normalized spacial score (nSPS) is 21.0. The number of sulfonamides is 1. The summed E-state index contributed by atoms with van der Waals surface area (Å²) in [6, 6.07) is 2.78. The number of hydrogen-bond donors (Lipinski definition) is 3. The molecule has 2 unspecified atom stereocenters. The van der Waals surface area contributed by atoms with Crippen molar-refractivity contribution < 1.29 is 27.9 Å². The van der Waals surface area contributed by atoms with Crippen LogP contribution in [0.5, 0.6) is 5.75 Å². The van der Waals surface area contributed by atoms with Crippen LogP contribution in [0.25, 0.3) is 0 Å². The Labute approximate surface area is 216 Å². The summed E-state index contributed by atoms with van der Waals surface area (Å²) < 4.78 is 32.5. The van der Waals surface area contributed by atoms with Crippen LogP contribution in [0, 0.1) is 5.41 Å². The summed E-state index contributed by atoms with van der Waals surface area (Å²) in [6.45, 7) is 5.75. The van der Waals surface area contributed by atoms with E-state index in [2.05, 4.69) is 20.4 Å². The predicted molar refractivity (Wildman–Crippen MR) is 137 cm³/mol. The van der Waals surface area contributed by atoms with Gasteiger partial charge < -0.3 is 20.1 Å². The fourth-order valence-corrected chi connectivity index (χ4v) is 5.18. The second-order valence-corrected chi connectivity index (χ2v) is 12.6. The van der Waals surface area contributed by atoms with Gasteiger partial charge in [-0.2, -0.15) is 0 Å². The van der Waals surface area contributed by atoms with E-state index in [0.717, 1.165) is 24.8 Å². The van der Waals surface area contributed by atoms with Crippen molar-refractivity contribution in [3.05, 3.63) is 30.1 Å². The van der Waals surface area contributed by atoms with Crippen molar-refractivity contribution in [3.8, 4) is 5.75 Å². The molecule has 1 aromatic carbocycles. The monoisotopic (exact) mass is 534 g/mol. The van der Waals surface area contributed by atoms with E-state index >= 15 is 0 Å². The molecule has 2 heterocycles. The molecule has 37 heavy (non-hydrogen) atoms. The lowest BCUT2D eigenvalue weighted by atomic mass is 9.85. The van der Waals surface area contributed by atoms with Gasteiger partial charge in [0.15, 0.2) is 0 Å². The van der Waals surface area contributed by atoms with Gasteiger partial charge >= 0.3 is 0 Å². The minimum absolute atomic E-state index is 0.000484. The van der Waals surface area contributed by atoms with Crippen molar-refractivity contribution in [2.45, 2.75) is 64.1 Å². The quantitative estimate of drug-likeness (QED) is 0.462. The highest BCUT2D eigenvalue weighted by Gasteiger charge is 2.45. The molecule has 1 aliphatic carbocycles. The van der Waals surface area contributed by atoms with Crippen molar-refractivity contribution in [1.29, 1.82) is 0 Å². The molecule has 2 amide bonds. The SMILES string of the molecule is COc1ccc(NS(C)(=O)=O)cc1NC(=O)C1CC(O)CN1C(=O)[C@@H](n1cc(C2CC2)nn1)C(C)(C)C. The van der Waals surface area contributed by atoms with Crippen LogP contribution in [0.15, 0.2) is 24.4 Å². The van der Waals surface area contributed by atoms with E-state index in [0.29, 0.717) is 11.7 Å². The first kappa shape index (κ1) is 26.9. The van der Waals surface area contributed by atoms with Crippen LogP contribution < -0.4 is 14.8 Å². The largest absolute Gasteiger partial charge is 0.495 e. The van der Waals surface area contributed by atoms with Crippen LogP contribution in [0.3, 0.4) is 0 Å². The zero-order valence-corrected chi connectivity index (χ0v) is 22.4. The maximum absolute atomic E-state index is 13.9. The third kappa shape index (κ3) is 6.21. The lowest BCUT2D eigenvalue weighted by molar-refractivity contribution is -0.142. The molecule has 2 fully saturated rings. The van der Waals surface area contributed by atoms with E-state index < -0.39 is 39.5 Å². The average molecular weight is 535 g/mol. The Bertz CT molecular complexity index is 1280. The molecule has 2 aromatic rings. The standard InChI is InChI=1S/C24H34N6O6S/c1-24(2,3)21(30-13-18(26-28-30)14-6-7-14)23(33)29-12-16(31)11-19(29)22(32)25-17-10-15(27-37(5,34)35)8-9-20(17)36-4/h8-10,13-14,16,19,21,27,31H,6-7,11-12H2,1-5H3,(H,25,32)/t16?,19?,21-/m1/s1. The van der Waals surface area contributed by atoms with E-state index in [1.165, 1.54) is 30.2 Å². The fraction of sp³-hybridized carbons (Fsp3) is 0.583. The highest BCUT2D eigenvalue weighted by Crippen LogP contribution is 2.40. The van der Waals surface area contributed by atoms with Crippen molar-refractivity contribution >= 4 is 33.2 Å². The molecule has 4 rings (SSSR count). The Balaban J connectivity index is 1.59. The fourth-order valence-electron chi connectivity index (χ4n) is 4.63. The summed E-state index contributed by atoms with van der Waals surface area (Å²) in [5.41, 5.74) is 0.776. The number of carbonyl (C=O) groups is 2. The van der Waals surface area contributed by atoms with Crippen LogP contribution in [0.1, 0.15) is 57.7 Å². The van der Waals surface area contributed by atoms with E-state index in [9.17, 15) is 23.1 Å². The minimum Gasteiger partial charge on any atom is -0.495 e. The van der Waals surface area contributed by atoms with Crippen LogP contribution in [-0.2, 0) is 19.6 Å². The third-order valence-corrected chi connectivity index (χ3v) is 7.07. The van der Waals surface area contributed by atoms with Gasteiger partial charge in [0.1, 0.15) is 17.8 Å². The summed E-state index contributed by atoms with van der Waals surface area (Å²) >= 11 is 0. The molecule has 3 atom stereocenters. The topological polar surface area (TPSA) is 156 Å². The predicted octanol–water partition coefficient (Wildman–Crippen LogP) is 1.72. The molecular weight excluding hydrogens is 500 g/mol. The van der Waals surface area contributed by atoms with Gasteiger partial charge in [0.2, 0.25) is 21.8 Å². The van der Waals surface area contributed by atoms with E-state index in [-0.39, 0.29) is 30.2 Å². The van der Waals surface area contributed by atoms with Gasteiger partial charge in [0, 0.05) is 25.1 Å². The molecule has 202 valence electrons. The number of amides is 2. The number of β-amino-alcohol motifs (C(OH)–C–C–N with tert-alkyl or cyclic N) is 1. The van der Waals surface area contributed by atoms with Crippen molar-refractivity contribution in [2.24, 2.45) is 5.41 Å². The molecule has 3 N–H and O–H groups in total. The molecule has 1 aromatic heterocycles. The van der Waals surface area contributed by atoms with Gasteiger partial charge in [-0.15, -0.1) is 5.10 Å². The average Bonchev–Trinajstić information content (AvgIpc) is 3.39. The zero-order valence-electron chi connectivity index (χ0n) is 21.6. The van der Waals surface area contributed by atoms with Gasteiger partial charge in [0.05, 0.1) is 36.5 Å². The molecule has 1 saturated heterocycles. The van der Waals surface area contributed by atoms with E-state index in [1.54, 1.807) is 10.9 Å². The number of nitrogens with zero attached hydrogens (tertiary/aromatic N) is 4. The Hall–Kier alpha value is -3.19. The number of likely N-dealkylation sites (tertiary alicyclic amines) is 1. The Morgan fingerprint density at radius 1 is 1.24 bits per heavy atom. The van der Waals surface area contributed by atoms with Crippen LogP contribution in [0.4, 0.5) is 11.4 Å². The Morgan fingerprint density at radius 3 is 2.54 bits per heavy atom. The Kier molecular flexibility index (Phi) is 7.21. The number of aliphatic hydroxyl groups excluding tert-OH is 1. The third-order valence-electron chi connectivity index (χ3n) is 6.47. The molecule has 1 saturated carbocycles. The number of hydrogen-bond acceptors (Lipinski definition) is 8. The zero-order chi connectivity index (χ0) is 27.1. The molecule has 0 radical (unpaired) electrons. The summed E-state index contributed by atoms with van der Waals surface area (Å²) in [5.74, 6) is -0.174. The van der Waals surface area contributed by atoms with Crippen LogP contribution in [-0.4, -0.2) is 77.3 Å². The molecule has 12 nitrogen and oxygen atoms in total. The smallest absolute Gasteiger partial charge is 0.248 e. The summed E-state index contributed by atoms with van der Waals surface area (Å²) in [7, 11) is -2.12. The number of rotatable bonds is 8. The van der Waals surface area contributed by atoms with Gasteiger partial charge in [-0.05, 0) is 36.5 Å². The Morgan fingerprint density at radius 2 is 1.95 bits per heavy atom.